The summed E-state index contributed by atoms with van der Waals surface area (Å²) < 4.78 is 11.9. The number of halogens is 1. The Labute approximate surface area is 227 Å². The summed E-state index contributed by atoms with van der Waals surface area (Å²) in [5, 5.41) is 0. The van der Waals surface area contributed by atoms with Gasteiger partial charge in [0.05, 0.1) is 19.1 Å². The lowest BCUT2D eigenvalue weighted by atomic mass is 10.1. The van der Waals surface area contributed by atoms with Gasteiger partial charge < -0.3 is 9.47 Å². The first-order chi connectivity index (χ1) is 17.3. The van der Waals surface area contributed by atoms with Crippen LogP contribution < -0.4 is 20.3 Å². The van der Waals surface area contributed by atoms with Crippen molar-refractivity contribution in [1.82, 2.24) is 15.8 Å². The highest BCUT2D eigenvalue weighted by molar-refractivity contribution is 9.10. The molecule has 11 heteroatoms. The van der Waals surface area contributed by atoms with Gasteiger partial charge in [-0.3, -0.25) is 30.1 Å². The van der Waals surface area contributed by atoms with Crippen LogP contribution in [0.3, 0.4) is 0 Å². The highest BCUT2D eigenvalue weighted by Gasteiger charge is 2.31. The Morgan fingerprint density at radius 2 is 1.75 bits per heavy atom. The number of unbranched alkanes of at least 4 members (excludes halogenated alkanes) is 2. The van der Waals surface area contributed by atoms with Crippen LogP contribution in [0.15, 0.2) is 51.8 Å². The number of methoxy groups -OCH3 is 2. The minimum Gasteiger partial charge on any atom is -0.493 e. The minimum atomic E-state index is -0.383. The number of ether oxygens (including phenoxy) is 2. The molecule has 0 aliphatic carbocycles. The average molecular weight is 593 g/mol. The molecular formula is C25H26BrN3O5S2. The van der Waals surface area contributed by atoms with Crippen LogP contribution >= 0.6 is 39.9 Å². The molecule has 0 saturated carbocycles. The summed E-state index contributed by atoms with van der Waals surface area (Å²) in [7, 11) is 3.13. The second-order valence-corrected chi connectivity index (χ2v) is 10.4. The van der Waals surface area contributed by atoms with Crippen molar-refractivity contribution in [3.05, 3.63) is 63.0 Å². The van der Waals surface area contributed by atoms with Gasteiger partial charge in [-0.25, -0.2) is 0 Å². The summed E-state index contributed by atoms with van der Waals surface area (Å²) in [4.78, 5) is 39.0. The smallest absolute Gasteiger partial charge is 0.269 e. The molecule has 0 spiro atoms. The first-order valence-electron chi connectivity index (χ1n) is 11.1. The van der Waals surface area contributed by atoms with Gasteiger partial charge in [-0.05, 0) is 60.9 Å². The van der Waals surface area contributed by atoms with Crippen molar-refractivity contribution < 1.29 is 23.9 Å². The van der Waals surface area contributed by atoms with E-state index in [4.69, 9.17) is 21.7 Å². The van der Waals surface area contributed by atoms with Crippen molar-refractivity contribution in [3.8, 4) is 11.5 Å². The van der Waals surface area contributed by atoms with Crippen LogP contribution in [0.2, 0.25) is 0 Å². The van der Waals surface area contributed by atoms with E-state index in [1.54, 1.807) is 61.6 Å². The number of thioether (sulfide) groups is 1. The zero-order valence-electron chi connectivity index (χ0n) is 19.8. The predicted molar refractivity (Wildman–Crippen MR) is 148 cm³/mol. The maximum absolute atomic E-state index is 12.8. The van der Waals surface area contributed by atoms with Gasteiger partial charge in [0.15, 0.2) is 11.5 Å². The number of carbonyl (C=O) groups excluding carboxylic acids is 3. The normalized spacial score (nSPS) is 14.2. The van der Waals surface area contributed by atoms with Crippen LogP contribution in [0, 0.1) is 0 Å². The van der Waals surface area contributed by atoms with Crippen molar-refractivity contribution in [2.45, 2.75) is 25.7 Å². The molecule has 1 aliphatic rings. The number of nitrogens with one attached hydrogen (secondary N) is 2. The highest BCUT2D eigenvalue weighted by atomic mass is 79.9. The van der Waals surface area contributed by atoms with Gasteiger partial charge in [-0.2, -0.15) is 0 Å². The number of thiocarbonyl (C=S) groups is 1. The van der Waals surface area contributed by atoms with Gasteiger partial charge in [-0.1, -0.05) is 52.4 Å². The number of rotatable bonds is 10. The number of hydrogen-bond acceptors (Lipinski definition) is 7. The molecule has 1 saturated heterocycles. The van der Waals surface area contributed by atoms with Crippen LogP contribution in [0.25, 0.3) is 6.08 Å². The molecule has 8 nitrogen and oxygen atoms in total. The number of hydrogen-bond donors (Lipinski definition) is 2. The Hall–Kier alpha value is -2.89. The summed E-state index contributed by atoms with van der Waals surface area (Å²) >= 11 is 9.98. The third kappa shape index (κ3) is 7.55. The topological polar surface area (TPSA) is 97.0 Å². The van der Waals surface area contributed by atoms with E-state index in [-0.39, 0.29) is 24.1 Å². The Balaban J connectivity index is 1.40. The largest absolute Gasteiger partial charge is 0.493 e. The Morgan fingerprint density at radius 1 is 1.03 bits per heavy atom. The van der Waals surface area contributed by atoms with Crippen LogP contribution in [-0.2, 0) is 9.59 Å². The standard InChI is InChI=1S/C25H26BrN3O5S2/c1-33-19-12-7-16(14-20(19)34-2)15-21-24(32)29(25(35)36-21)13-5-3-4-6-22(30)27-28-23(31)17-8-10-18(26)11-9-17/h7-12,14-15H,3-6,13H2,1-2H3,(H,27,30)(H,28,31). The first kappa shape index (κ1) is 27.7. The fourth-order valence-corrected chi connectivity index (χ4v) is 4.95. The van der Waals surface area contributed by atoms with Gasteiger partial charge in [0.1, 0.15) is 4.32 Å². The van der Waals surface area contributed by atoms with Crippen LogP contribution in [0.5, 0.6) is 11.5 Å². The third-order valence-corrected chi connectivity index (χ3v) is 7.19. The van der Waals surface area contributed by atoms with Crippen LogP contribution in [-0.4, -0.2) is 47.7 Å². The van der Waals surface area contributed by atoms with Gasteiger partial charge >= 0.3 is 0 Å². The zero-order valence-corrected chi connectivity index (χ0v) is 23.1. The average Bonchev–Trinajstić information content (AvgIpc) is 3.14. The monoisotopic (exact) mass is 591 g/mol. The molecule has 3 amide bonds. The molecule has 0 unspecified atom stereocenters. The number of hydrazine groups is 1. The molecule has 3 rings (SSSR count). The Bertz CT molecular complexity index is 1170. The highest BCUT2D eigenvalue weighted by Crippen LogP contribution is 2.34. The molecule has 0 bridgehead atoms. The zero-order chi connectivity index (χ0) is 26.1. The lowest BCUT2D eigenvalue weighted by Gasteiger charge is -2.14. The van der Waals surface area contributed by atoms with Gasteiger partial charge in [0, 0.05) is 23.0 Å². The number of amides is 3. The fourth-order valence-electron chi connectivity index (χ4n) is 3.38. The lowest BCUT2D eigenvalue weighted by Crippen LogP contribution is -2.41. The van der Waals surface area contributed by atoms with Gasteiger partial charge in [0.2, 0.25) is 5.91 Å². The van der Waals surface area contributed by atoms with Crippen LogP contribution in [0.4, 0.5) is 0 Å². The summed E-state index contributed by atoms with van der Waals surface area (Å²) in [6, 6.07) is 12.2. The molecule has 2 aromatic rings. The predicted octanol–water partition coefficient (Wildman–Crippen LogP) is 4.69. The SMILES string of the molecule is COc1ccc(C=C2SC(=S)N(CCCCCC(=O)NNC(=O)c3ccc(Br)cc3)C2=O)cc1OC. The van der Waals surface area contributed by atoms with Gasteiger partial charge in [-0.15, -0.1) is 0 Å². The molecule has 2 aromatic carbocycles. The molecule has 190 valence electrons. The maximum atomic E-state index is 12.8. The van der Waals surface area contributed by atoms with Gasteiger partial charge in [0.25, 0.3) is 11.8 Å². The molecule has 1 fully saturated rings. The summed E-state index contributed by atoms with van der Waals surface area (Å²) in [6.07, 6.45) is 4.11. The number of carbonyl (C=O) groups is 3. The Morgan fingerprint density at radius 3 is 2.44 bits per heavy atom. The van der Waals surface area contributed by atoms with E-state index in [1.165, 1.54) is 11.8 Å². The molecule has 0 radical (unpaired) electrons. The molecule has 36 heavy (non-hydrogen) atoms. The summed E-state index contributed by atoms with van der Waals surface area (Å²) in [5.74, 6) is 0.407. The molecule has 0 atom stereocenters. The van der Waals surface area contributed by atoms with Crippen molar-refractivity contribution in [3.63, 3.8) is 0 Å². The van der Waals surface area contributed by atoms with E-state index < -0.39 is 0 Å². The molecule has 1 aliphatic heterocycles. The van der Waals surface area contributed by atoms with E-state index >= 15 is 0 Å². The summed E-state index contributed by atoms with van der Waals surface area (Å²) in [6.45, 7) is 0.482. The number of benzene rings is 2. The molecule has 2 N–H and O–H groups in total. The summed E-state index contributed by atoms with van der Waals surface area (Å²) in [5.41, 5.74) is 6.09. The van der Waals surface area contributed by atoms with E-state index in [0.717, 1.165) is 16.5 Å². The first-order valence-corrected chi connectivity index (χ1v) is 13.2. The van der Waals surface area contributed by atoms with Crippen molar-refractivity contribution in [2.24, 2.45) is 0 Å². The van der Waals surface area contributed by atoms with Crippen molar-refractivity contribution >= 4 is 68.0 Å². The molecule has 1 heterocycles. The van der Waals surface area contributed by atoms with E-state index in [9.17, 15) is 14.4 Å². The maximum Gasteiger partial charge on any atom is 0.269 e. The molecule has 0 aromatic heterocycles. The minimum absolute atomic E-state index is 0.131. The Kier molecular flexibility index (Phi) is 10.3. The second-order valence-electron chi connectivity index (χ2n) is 7.77. The fraction of sp³-hybridized carbons (Fsp3) is 0.280. The van der Waals surface area contributed by atoms with Crippen molar-refractivity contribution in [1.29, 1.82) is 0 Å². The van der Waals surface area contributed by atoms with Crippen molar-refractivity contribution in [2.75, 3.05) is 20.8 Å². The van der Waals surface area contributed by atoms with E-state index in [0.29, 0.717) is 45.7 Å². The lowest BCUT2D eigenvalue weighted by molar-refractivity contribution is -0.123. The quantitative estimate of drug-likeness (QED) is 0.179. The second kappa shape index (κ2) is 13.4. The van der Waals surface area contributed by atoms with E-state index in [2.05, 4.69) is 26.8 Å². The van der Waals surface area contributed by atoms with E-state index in [1.807, 2.05) is 6.07 Å². The van der Waals surface area contributed by atoms with Crippen LogP contribution in [0.1, 0.15) is 41.6 Å². The molecular weight excluding hydrogens is 566 g/mol. The number of nitrogens with zero attached hydrogens (tertiary/aromatic N) is 1. The third-order valence-electron chi connectivity index (χ3n) is 5.29.